The molecule has 0 saturated heterocycles. The summed E-state index contributed by atoms with van der Waals surface area (Å²) in [6.07, 6.45) is -3.26. The van der Waals surface area contributed by atoms with E-state index < -0.39 is 17.6 Å². The van der Waals surface area contributed by atoms with Crippen molar-refractivity contribution in [2.45, 2.75) is 19.7 Å². The molecule has 0 unspecified atom stereocenters. The molecule has 0 aliphatic rings. The van der Waals surface area contributed by atoms with Gasteiger partial charge in [-0.2, -0.15) is 18.3 Å². The second kappa shape index (κ2) is 11.3. The molecule has 0 aromatic heterocycles. The quantitative estimate of drug-likeness (QED) is 0.269. The van der Waals surface area contributed by atoms with Gasteiger partial charge in [-0.05, 0) is 60.5 Å². The highest BCUT2D eigenvalue weighted by molar-refractivity contribution is 6.32. The molecule has 1 N–H and O–H groups in total. The first-order valence-corrected chi connectivity index (χ1v) is 10.8. The first-order chi connectivity index (χ1) is 16.2. The van der Waals surface area contributed by atoms with Gasteiger partial charge in [0.15, 0.2) is 11.5 Å². The van der Waals surface area contributed by atoms with Crippen LogP contribution in [0.2, 0.25) is 10.0 Å². The molecule has 0 radical (unpaired) electrons. The molecular formula is C24H19Cl2F3N2O3. The molecule has 0 atom stereocenters. The van der Waals surface area contributed by atoms with E-state index in [-0.39, 0.29) is 17.2 Å². The molecule has 3 rings (SSSR count). The van der Waals surface area contributed by atoms with E-state index >= 15 is 0 Å². The second-order valence-corrected chi connectivity index (χ2v) is 7.80. The Kier molecular flexibility index (Phi) is 8.41. The number of nitrogens with one attached hydrogen (secondary N) is 1. The smallest absolute Gasteiger partial charge is 0.416 e. The van der Waals surface area contributed by atoms with E-state index in [0.29, 0.717) is 28.7 Å². The first-order valence-electron chi connectivity index (χ1n) is 10.0. The van der Waals surface area contributed by atoms with Crippen molar-refractivity contribution < 1.29 is 27.4 Å². The van der Waals surface area contributed by atoms with Crippen molar-refractivity contribution in [3.63, 3.8) is 0 Å². The lowest BCUT2D eigenvalue weighted by Crippen LogP contribution is -2.18. The van der Waals surface area contributed by atoms with Crippen molar-refractivity contribution in [1.82, 2.24) is 5.43 Å². The number of benzene rings is 3. The Bertz CT molecular complexity index is 1180. The van der Waals surface area contributed by atoms with Crippen LogP contribution < -0.4 is 14.9 Å². The zero-order valence-electron chi connectivity index (χ0n) is 17.8. The molecule has 10 heteroatoms. The molecule has 3 aromatic carbocycles. The maximum atomic E-state index is 12.8. The topological polar surface area (TPSA) is 59.9 Å². The van der Waals surface area contributed by atoms with Crippen molar-refractivity contribution in [1.29, 1.82) is 0 Å². The largest absolute Gasteiger partial charge is 0.490 e. The van der Waals surface area contributed by atoms with Crippen LogP contribution in [-0.2, 0) is 12.8 Å². The molecule has 34 heavy (non-hydrogen) atoms. The molecule has 0 aliphatic heterocycles. The van der Waals surface area contributed by atoms with Crippen LogP contribution >= 0.6 is 23.2 Å². The number of carbonyl (C=O) groups is 1. The number of carbonyl (C=O) groups excluding carboxylic acids is 1. The lowest BCUT2D eigenvalue weighted by atomic mass is 10.1. The molecule has 178 valence electrons. The van der Waals surface area contributed by atoms with Gasteiger partial charge in [-0.3, -0.25) is 4.79 Å². The average molecular weight is 511 g/mol. The zero-order valence-corrected chi connectivity index (χ0v) is 19.3. The Hall–Kier alpha value is -3.23. The van der Waals surface area contributed by atoms with Crippen LogP contribution in [0.4, 0.5) is 13.2 Å². The lowest BCUT2D eigenvalue weighted by molar-refractivity contribution is -0.137. The number of alkyl halides is 3. The van der Waals surface area contributed by atoms with Crippen LogP contribution in [0.5, 0.6) is 11.5 Å². The summed E-state index contributed by atoms with van der Waals surface area (Å²) < 4.78 is 50.0. The van der Waals surface area contributed by atoms with Crippen molar-refractivity contribution in [2.75, 3.05) is 6.61 Å². The normalized spacial score (nSPS) is 11.5. The Balaban J connectivity index is 1.72. The van der Waals surface area contributed by atoms with Gasteiger partial charge >= 0.3 is 6.18 Å². The summed E-state index contributed by atoms with van der Waals surface area (Å²) >= 11 is 12.3. The van der Waals surface area contributed by atoms with Gasteiger partial charge in [0.25, 0.3) is 5.91 Å². The van der Waals surface area contributed by atoms with Crippen molar-refractivity contribution in [3.8, 4) is 11.5 Å². The molecule has 0 bridgehead atoms. The fourth-order valence-corrected chi connectivity index (χ4v) is 3.27. The number of amides is 1. The summed E-state index contributed by atoms with van der Waals surface area (Å²) in [6, 6.07) is 14.4. The highest BCUT2D eigenvalue weighted by Crippen LogP contribution is 2.37. The van der Waals surface area contributed by atoms with Crippen LogP contribution in [-0.4, -0.2) is 18.7 Å². The number of halogens is 5. The zero-order chi connectivity index (χ0) is 24.7. The minimum atomic E-state index is -4.55. The van der Waals surface area contributed by atoms with Crippen LogP contribution in [0.25, 0.3) is 0 Å². The Labute approximate surface area is 204 Å². The second-order valence-electron chi connectivity index (χ2n) is 6.96. The predicted molar refractivity (Wildman–Crippen MR) is 125 cm³/mol. The number of hydrazone groups is 1. The minimum absolute atomic E-state index is 0.175. The van der Waals surface area contributed by atoms with E-state index in [1.807, 2.05) is 12.1 Å². The molecule has 3 aromatic rings. The van der Waals surface area contributed by atoms with Gasteiger partial charge in [0.2, 0.25) is 0 Å². The van der Waals surface area contributed by atoms with Crippen molar-refractivity contribution in [3.05, 3.63) is 93.0 Å². The van der Waals surface area contributed by atoms with Gasteiger partial charge in [-0.15, -0.1) is 0 Å². The molecule has 0 aliphatic carbocycles. The number of hydrogen-bond acceptors (Lipinski definition) is 4. The minimum Gasteiger partial charge on any atom is -0.490 e. The third-order valence-electron chi connectivity index (χ3n) is 4.46. The van der Waals surface area contributed by atoms with E-state index in [4.69, 9.17) is 32.7 Å². The van der Waals surface area contributed by atoms with Gasteiger partial charge in [-0.25, -0.2) is 5.43 Å². The molecule has 0 fully saturated rings. The Morgan fingerprint density at radius 1 is 1.06 bits per heavy atom. The van der Waals surface area contributed by atoms with E-state index in [2.05, 4.69) is 10.5 Å². The standard InChI is InChI=1S/C24H19Cl2F3N2O3/c1-2-33-21-11-16(10-20(26)22(21)34-14-15-6-8-19(25)9-7-15)13-30-31-23(32)17-4-3-5-18(12-17)24(27,28)29/h3-13H,2,14H2,1H3,(H,31,32)/b30-13-. The monoisotopic (exact) mass is 510 g/mol. The molecule has 0 spiro atoms. The highest BCUT2D eigenvalue weighted by Gasteiger charge is 2.30. The van der Waals surface area contributed by atoms with E-state index in [9.17, 15) is 18.0 Å². The Morgan fingerprint density at radius 3 is 2.47 bits per heavy atom. The van der Waals surface area contributed by atoms with Crippen molar-refractivity contribution >= 4 is 35.3 Å². The molecule has 5 nitrogen and oxygen atoms in total. The summed E-state index contributed by atoms with van der Waals surface area (Å²) in [4.78, 5) is 12.2. The molecule has 0 heterocycles. The molecule has 1 amide bonds. The third kappa shape index (κ3) is 6.88. The van der Waals surface area contributed by atoms with Gasteiger partial charge in [0, 0.05) is 10.6 Å². The first kappa shape index (κ1) is 25.4. The maximum Gasteiger partial charge on any atom is 0.416 e. The van der Waals surface area contributed by atoms with E-state index in [0.717, 1.165) is 23.8 Å². The Morgan fingerprint density at radius 2 is 1.79 bits per heavy atom. The van der Waals surface area contributed by atoms with Crippen LogP contribution in [0.1, 0.15) is 34.0 Å². The highest BCUT2D eigenvalue weighted by atomic mass is 35.5. The van der Waals surface area contributed by atoms with Crippen LogP contribution in [0.15, 0.2) is 65.8 Å². The summed E-state index contributed by atoms with van der Waals surface area (Å²) in [6.45, 7) is 2.38. The van der Waals surface area contributed by atoms with E-state index in [1.165, 1.54) is 12.3 Å². The molecular weight excluding hydrogens is 492 g/mol. The average Bonchev–Trinajstić information content (AvgIpc) is 2.79. The molecule has 0 saturated carbocycles. The lowest BCUT2D eigenvalue weighted by Gasteiger charge is -2.14. The third-order valence-corrected chi connectivity index (χ3v) is 4.99. The fourth-order valence-electron chi connectivity index (χ4n) is 2.87. The van der Waals surface area contributed by atoms with Gasteiger partial charge in [0.1, 0.15) is 6.61 Å². The predicted octanol–water partition coefficient (Wildman–Crippen LogP) is 6.75. The van der Waals surface area contributed by atoms with Gasteiger partial charge in [-0.1, -0.05) is 41.4 Å². The fraction of sp³-hybridized carbons (Fsp3) is 0.167. The number of ether oxygens (including phenoxy) is 2. The summed E-state index contributed by atoms with van der Waals surface area (Å²) in [5, 5.41) is 4.68. The maximum absolute atomic E-state index is 12.8. The van der Waals surface area contributed by atoms with Crippen molar-refractivity contribution in [2.24, 2.45) is 5.10 Å². The van der Waals surface area contributed by atoms with Crippen LogP contribution in [0, 0.1) is 0 Å². The number of hydrogen-bond donors (Lipinski definition) is 1. The number of nitrogens with zero attached hydrogens (tertiary/aromatic N) is 1. The SMILES string of the molecule is CCOc1cc(/C=N\NC(=O)c2cccc(C(F)(F)F)c2)cc(Cl)c1OCc1ccc(Cl)cc1. The van der Waals surface area contributed by atoms with Gasteiger partial charge < -0.3 is 9.47 Å². The summed E-state index contributed by atoms with van der Waals surface area (Å²) in [5.74, 6) is -0.0837. The number of rotatable bonds is 8. The van der Waals surface area contributed by atoms with Gasteiger partial charge in [0.05, 0.1) is 23.4 Å². The van der Waals surface area contributed by atoms with Crippen LogP contribution in [0.3, 0.4) is 0 Å². The summed E-state index contributed by atoms with van der Waals surface area (Å²) in [5.41, 5.74) is 2.46. The summed E-state index contributed by atoms with van der Waals surface area (Å²) in [7, 11) is 0. The van der Waals surface area contributed by atoms with E-state index in [1.54, 1.807) is 31.2 Å².